The number of hydrogen-bond donors (Lipinski definition) is 2. The van der Waals surface area contributed by atoms with E-state index < -0.39 is 5.60 Å². The summed E-state index contributed by atoms with van der Waals surface area (Å²) in [6, 6.07) is 13.6. The molecule has 1 saturated carbocycles. The average Bonchev–Trinajstić information content (AvgIpc) is 2.75. The van der Waals surface area contributed by atoms with Crippen LogP contribution in [0, 0.1) is 11.7 Å². The van der Waals surface area contributed by atoms with Gasteiger partial charge in [0.25, 0.3) is 0 Å². The van der Waals surface area contributed by atoms with Crippen molar-refractivity contribution in [2.24, 2.45) is 5.92 Å². The van der Waals surface area contributed by atoms with Crippen LogP contribution in [-0.2, 0) is 4.79 Å². The average molecular weight is 413 g/mol. The first-order chi connectivity index (χ1) is 14.5. The standard InChI is InChI=1S/C24H29FN2O3/c1-30-20-11-9-19(10-12-20)26-22(28)16-27-15-14-24(29)13-3-2-4-21(24)23(27)17-5-7-18(25)8-6-17/h5-12,21,23,29H,2-4,13-16H2,1H3,(H,26,28)/t21-,23+,24-/m0/s1. The first-order valence-electron chi connectivity index (χ1n) is 10.6. The highest BCUT2D eigenvalue weighted by Gasteiger charge is 2.49. The number of nitrogens with one attached hydrogen (secondary N) is 1. The van der Waals surface area contributed by atoms with Gasteiger partial charge in [-0.1, -0.05) is 25.0 Å². The molecule has 5 nitrogen and oxygen atoms in total. The topological polar surface area (TPSA) is 61.8 Å². The van der Waals surface area contributed by atoms with Gasteiger partial charge in [0.2, 0.25) is 5.91 Å². The molecule has 1 heterocycles. The predicted molar refractivity (Wildman–Crippen MR) is 114 cm³/mol. The third kappa shape index (κ3) is 4.35. The van der Waals surface area contributed by atoms with E-state index in [1.54, 1.807) is 31.4 Å². The van der Waals surface area contributed by atoms with E-state index in [9.17, 15) is 14.3 Å². The number of carbonyl (C=O) groups is 1. The lowest BCUT2D eigenvalue weighted by Gasteiger charge is -2.52. The van der Waals surface area contributed by atoms with Crippen LogP contribution < -0.4 is 10.1 Å². The maximum absolute atomic E-state index is 13.5. The molecule has 2 aliphatic rings. The molecule has 2 N–H and O–H groups in total. The molecule has 0 unspecified atom stereocenters. The lowest BCUT2D eigenvalue weighted by atomic mass is 9.66. The van der Waals surface area contributed by atoms with E-state index in [0.29, 0.717) is 18.7 Å². The van der Waals surface area contributed by atoms with E-state index in [0.717, 1.165) is 37.0 Å². The van der Waals surface area contributed by atoms with Crippen molar-refractivity contribution in [1.29, 1.82) is 0 Å². The molecule has 2 aromatic rings. The number of fused-ring (bicyclic) bond motifs is 1. The second-order valence-corrected chi connectivity index (χ2v) is 8.45. The van der Waals surface area contributed by atoms with Gasteiger partial charge in [-0.05, 0) is 61.2 Å². The molecule has 30 heavy (non-hydrogen) atoms. The van der Waals surface area contributed by atoms with Crippen LogP contribution in [0.25, 0.3) is 0 Å². The van der Waals surface area contributed by atoms with Crippen molar-refractivity contribution in [3.05, 3.63) is 59.9 Å². The van der Waals surface area contributed by atoms with Gasteiger partial charge in [0.1, 0.15) is 11.6 Å². The van der Waals surface area contributed by atoms with E-state index in [-0.39, 0.29) is 30.2 Å². The van der Waals surface area contributed by atoms with Crippen LogP contribution in [0.3, 0.4) is 0 Å². The van der Waals surface area contributed by atoms with E-state index in [2.05, 4.69) is 10.2 Å². The fourth-order valence-corrected chi connectivity index (χ4v) is 5.08. The van der Waals surface area contributed by atoms with E-state index in [1.807, 2.05) is 12.1 Å². The molecule has 0 bridgehead atoms. The third-order valence-electron chi connectivity index (χ3n) is 6.60. The van der Waals surface area contributed by atoms with Gasteiger partial charge in [0.15, 0.2) is 0 Å². The zero-order valence-electron chi connectivity index (χ0n) is 17.3. The van der Waals surface area contributed by atoms with Gasteiger partial charge in [-0.2, -0.15) is 0 Å². The third-order valence-corrected chi connectivity index (χ3v) is 6.60. The van der Waals surface area contributed by atoms with Crippen molar-refractivity contribution in [3.8, 4) is 5.75 Å². The fraction of sp³-hybridized carbons (Fsp3) is 0.458. The molecule has 2 fully saturated rings. The van der Waals surface area contributed by atoms with E-state index >= 15 is 0 Å². The zero-order valence-corrected chi connectivity index (χ0v) is 17.3. The number of halogens is 1. The molecule has 2 aromatic carbocycles. The number of methoxy groups -OCH3 is 1. The maximum Gasteiger partial charge on any atom is 0.238 e. The number of rotatable bonds is 5. The number of carbonyl (C=O) groups excluding carboxylic acids is 1. The smallest absolute Gasteiger partial charge is 0.238 e. The lowest BCUT2D eigenvalue weighted by Crippen LogP contribution is -2.56. The monoisotopic (exact) mass is 412 g/mol. The predicted octanol–water partition coefficient (Wildman–Crippen LogP) is 4.14. The highest BCUT2D eigenvalue weighted by Crippen LogP contribution is 2.49. The molecule has 0 radical (unpaired) electrons. The van der Waals surface area contributed by atoms with Gasteiger partial charge in [-0.15, -0.1) is 0 Å². The summed E-state index contributed by atoms with van der Waals surface area (Å²) in [4.78, 5) is 14.9. The van der Waals surface area contributed by atoms with Crippen molar-refractivity contribution in [1.82, 2.24) is 4.90 Å². The summed E-state index contributed by atoms with van der Waals surface area (Å²) >= 11 is 0. The molecule has 3 atom stereocenters. The molecular weight excluding hydrogens is 383 g/mol. The Labute approximate surface area is 176 Å². The Kier molecular flexibility index (Phi) is 6.06. The number of aliphatic hydroxyl groups is 1. The van der Waals surface area contributed by atoms with Crippen LogP contribution in [0.1, 0.15) is 43.7 Å². The van der Waals surface area contributed by atoms with Gasteiger partial charge in [0.05, 0.1) is 19.3 Å². The van der Waals surface area contributed by atoms with E-state index in [4.69, 9.17) is 4.74 Å². The number of piperidine rings is 1. The number of amides is 1. The van der Waals surface area contributed by atoms with Crippen LogP contribution in [-0.4, -0.2) is 41.7 Å². The van der Waals surface area contributed by atoms with E-state index in [1.165, 1.54) is 12.1 Å². The Hall–Kier alpha value is -2.44. The van der Waals surface area contributed by atoms with Gasteiger partial charge < -0.3 is 15.2 Å². The molecule has 1 aliphatic heterocycles. The molecule has 4 rings (SSSR count). The first kappa shape index (κ1) is 20.8. The van der Waals surface area contributed by atoms with Crippen molar-refractivity contribution in [3.63, 3.8) is 0 Å². The Morgan fingerprint density at radius 2 is 1.90 bits per heavy atom. The SMILES string of the molecule is COc1ccc(NC(=O)CN2CC[C@@]3(O)CCCC[C@H]3[C@H]2c2ccc(F)cc2)cc1. The molecule has 6 heteroatoms. The number of benzene rings is 2. The second kappa shape index (κ2) is 8.74. The van der Waals surface area contributed by atoms with Crippen LogP contribution in [0.15, 0.2) is 48.5 Å². The number of ether oxygens (including phenoxy) is 1. The van der Waals surface area contributed by atoms with Crippen molar-refractivity contribution in [2.45, 2.75) is 43.7 Å². The number of anilines is 1. The van der Waals surface area contributed by atoms with Gasteiger partial charge in [-0.3, -0.25) is 9.69 Å². The maximum atomic E-state index is 13.5. The molecular formula is C24H29FN2O3. The van der Waals surface area contributed by atoms with Crippen LogP contribution >= 0.6 is 0 Å². The first-order valence-corrected chi connectivity index (χ1v) is 10.6. The summed E-state index contributed by atoms with van der Waals surface area (Å²) < 4.78 is 18.7. The van der Waals surface area contributed by atoms with Gasteiger partial charge >= 0.3 is 0 Å². The minimum atomic E-state index is -0.708. The molecule has 0 aromatic heterocycles. The highest BCUT2D eigenvalue weighted by atomic mass is 19.1. The molecule has 1 amide bonds. The number of hydrogen-bond acceptors (Lipinski definition) is 4. The Bertz CT molecular complexity index is 871. The minimum absolute atomic E-state index is 0.0410. The molecule has 160 valence electrons. The summed E-state index contributed by atoms with van der Waals surface area (Å²) in [6.07, 6.45) is 4.46. The summed E-state index contributed by atoms with van der Waals surface area (Å²) in [5.41, 5.74) is 0.962. The largest absolute Gasteiger partial charge is 0.497 e. The van der Waals surface area contributed by atoms with Crippen molar-refractivity contribution < 1.29 is 19.0 Å². The zero-order chi connectivity index (χ0) is 21.1. The Morgan fingerprint density at radius 1 is 1.17 bits per heavy atom. The summed E-state index contributed by atoms with van der Waals surface area (Å²) in [5.74, 6) is 0.391. The quantitative estimate of drug-likeness (QED) is 0.775. The van der Waals surface area contributed by atoms with Crippen molar-refractivity contribution in [2.75, 3.05) is 25.5 Å². The second-order valence-electron chi connectivity index (χ2n) is 8.45. The summed E-state index contributed by atoms with van der Waals surface area (Å²) in [6.45, 7) is 0.853. The molecule has 1 saturated heterocycles. The number of likely N-dealkylation sites (tertiary alicyclic amines) is 1. The molecule has 1 aliphatic carbocycles. The van der Waals surface area contributed by atoms with Crippen LogP contribution in [0.5, 0.6) is 5.75 Å². The number of nitrogens with zero attached hydrogens (tertiary/aromatic N) is 1. The minimum Gasteiger partial charge on any atom is -0.497 e. The Morgan fingerprint density at radius 3 is 2.60 bits per heavy atom. The fourth-order valence-electron chi connectivity index (χ4n) is 5.08. The van der Waals surface area contributed by atoms with Crippen LogP contribution in [0.4, 0.5) is 10.1 Å². The summed E-state index contributed by atoms with van der Waals surface area (Å²) in [7, 11) is 1.60. The molecule has 0 spiro atoms. The normalized spacial score (nSPS) is 26.6. The Balaban J connectivity index is 1.53. The van der Waals surface area contributed by atoms with Gasteiger partial charge in [-0.25, -0.2) is 4.39 Å². The lowest BCUT2D eigenvalue weighted by molar-refractivity contribution is -0.135. The van der Waals surface area contributed by atoms with Crippen molar-refractivity contribution >= 4 is 11.6 Å². The highest BCUT2D eigenvalue weighted by molar-refractivity contribution is 5.92. The summed E-state index contributed by atoms with van der Waals surface area (Å²) in [5, 5.41) is 14.2. The van der Waals surface area contributed by atoms with Gasteiger partial charge in [0, 0.05) is 24.2 Å². The van der Waals surface area contributed by atoms with Crippen LogP contribution in [0.2, 0.25) is 0 Å².